The Kier molecular flexibility index (Phi) is 6.25. The van der Waals surface area contributed by atoms with Crippen molar-refractivity contribution in [1.82, 2.24) is 24.6 Å². The Hall–Kier alpha value is -3.72. The minimum absolute atomic E-state index is 0.0628. The van der Waals surface area contributed by atoms with Crippen molar-refractivity contribution in [1.29, 1.82) is 0 Å². The number of methoxy groups -OCH3 is 1. The monoisotopic (exact) mass is 494 g/mol. The van der Waals surface area contributed by atoms with Gasteiger partial charge in [0.2, 0.25) is 5.91 Å². The van der Waals surface area contributed by atoms with Crippen LogP contribution in [0.25, 0.3) is 22.4 Å². The summed E-state index contributed by atoms with van der Waals surface area (Å²) in [5.41, 5.74) is 3.21. The lowest BCUT2D eigenvalue weighted by atomic mass is 10.1. The molecule has 1 fully saturated rings. The highest BCUT2D eigenvalue weighted by molar-refractivity contribution is 6.32. The van der Waals surface area contributed by atoms with Crippen LogP contribution in [-0.2, 0) is 11.3 Å². The van der Waals surface area contributed by atoms with Gasteiger partial charge in [0.05, 0.1) is 29.0 Å². The zero-order valence-electron chi connectivity index (χ0n) is 19.4. The van der Waals surface area contributed by atoms with Gasteiger partial charge in [-0.15, -0.1) is 0 Å². The van der Waals surface area contributed by atoms with Gasteiger partial charge >= 0.3 is 0 Å². The fourth-order valence-electron chi connectivity index (χ4n) is 4.49. The van der Waals surface area contributed by atoms with E-state index in [0.717, 1.165) is 5.52 Å². The topological polar surface area (TPSA) is 76.4 Å². The van der Waals surface area contributed by atoms with E-state index < -0.39 is 5.82 Å². The summed E-state index contributed by atoms with van der Waals surface area (Å²) in [5.74, 6) is -0.0652. The van der Waals surface area contributed by atoms with Gasteiger partial charge in [-0.25, -0.2) is 4.39 Å². The molecule has 1 amide bonds. The van der Waals surface area contributed by atoms with Crippen LogP contribution in [0.2, 0.25) is 5.02 Å². The maximum atomic E-state index is 14.6. The molecular formula is C25H24ClFN6O2. The van der Waals surface area contributed by atoms with Crippen molar-refractivity contribution in [3.63, 3.8) is 0 Å². The summed E-state index contributed by atoms with van der Waals surface area (Å²) in [5, 5.41) is 4.90. The summed E-state index contributed by atoms with van der Waals surface area (Å²) in [6.45, 7) is 3.45. The van der Waals surface area contributed by atoms with Crippen LogP contribution < -0.4 is 9.64 Å². The Morgan fingerprint density at radius 2 is 2.00 bits per heavy atom. The zero-order chi connectivity index (χ0) is 24.5. The molecule has 1 aliphatic heterocycles. The van der Waals surface area contributed by atoms with Gasteiger partial charge < -0.3 is 14.5 Å². The number of anilines is 1. The lowest BCUT2D eigenvalue weighted by Crippen LogP contribution is -2.55. The normalized spacial score (nSPS) is 16.1. The molecule has 4 heterocycles. The third-order valence-corrected chi connectivity index (χ3v) is 6.51. The van der Waals surface area contributed by atoms with Crippen molar-refractivity contribution < 1.29 is 13.9 Å². The third kappa shape index (κ3) is 4.39. The summed E-state index contributed by atoms with van der Waals surface area (Å²) in [6, 6.07) is 12.0. The molecule has 0 radical (unpaired) electrons. The molecule has 1 atom stereocenters. The number of hydrogen-bond donors (Lipinski definition) is 0. The van der Waals surface area contributed by atoms with E-state index in [-0.39, 0.29) is 23.5 Å². The summed E-state index contributed by atoms with van der Waals surface area (Å²) in [7, 11) is 1.50. The molecule has 1 saturated heterocycles. The number of rotatable bonds is 5. The molecule has 8 nitrogen and oxygen atoms in total. The maximum absolute atomic E-state index is 14.6. The van der Waals surface area contributed by atoms with Crippen molar-refractivity contribution in [3.8, 4) is 17.1 Å². The average Bonchev–Trinajstić information content (AvgIpc) is 3.23. The van der Waals surface area contributed by atoms with Crippen molar-refractivity contribution >= 4 is 34.2 Å². The quantitative estimate of drug-likeness (QED) is 0.417. The second kappa shape index (κ2) is 9.50. The third-order valence-electron chi connectivity index (χ3n) is 6.21. The first-order valence-electron chi connectivity index (χ1n) is 11.3. The number of fused-ring (bicyclic) bond motifs is 1. The maximum Gasteiger partial charge on any atom is 0.244 e. The lowest BCUT2D eigenvalue weighted by molar-refractivity contribution is -0.134. The fraction of sp³-hybridized carbons (Fsp3) is 0.280. The lowest BCUT2D eigenvalue weighted by Gasteiger charge is -2.41. The van der Waals surface area contributed by atoms with Gasteiger partial charge in [0, 0.05) is 44.1 Å². The van der Waals surface area contributed by atoms with Gasteiger partial charge in [-0.05, 0) is 37.3 Å². The second-order valence-corrected chi connectivity index (χ2v) is 8.82. The summed E-state index contributed by atoms with van der Waals surface area (Å²) < 4.78 is 21.5. The SMILES string of the molecule is COc1cc(N2CCN(C(=O)Cn3nc(-c4ccccn4)c4ncccc43)[C@@H](C)C2)c(F)cc1Cl. The van der Waals surface area contributed by atoms with Gasteiger partial charge in [0.1, 0.15) is 29.3 Å². The highest BCUT2D eigenvalue weighted by Crippen LogP contribution is 2.33. The second-order valence-electron chi connectivity index (χ2n) is 8.41. The molecule has 0 saturated carbocycles. The van der Waals surface area contributed by atoms with Crippen LogP contribution in [0.15, 0.2) is 54.9 Å². The number of nitrogens with zero attached hydrogens (tertiary/aromatic N) is 6. The van der Waals surface area contributed by atoms with Crippen LogP contribution in [0.4, 0.5) is 10.1 Å². The summed E-state index contributed by atoms with van der Waals surface area (Å²) >= 11 is 6.04. The molecule has 4 aromatic rings. The van der Waals surface area contributed by atoms with Crippen molar-refractivity contribution in [2.75, 3.05) is 31.6 Å². The number of carbonyl (C=O) groups is 1. The molecule has 5 rings (SSSR count). The Morgan fingerprint density at radius 3 is 2.74 bits per heavy atom. The highest BCUT2D eigenvalue weighted by Gasteiger charge is 2.30. The molecule has 0 unspecified atom stereocenters. The number of piperazine rings is 1. The van der Waals surface area contributed by atoms with Gasteiger partial charge in [-0.2, -0.15) is 5.10 Å². The standard InChI is InChI=1S/C25H24ClFN6O2/c1-16-14-31(21-13-22(35-2)17(26)12-18(21)27)10-11-32(16)23(34)15-33-20-7-5-9-29-25(20)24(30-33)19-6-3-4-8-28-19/h3-9,12-13,16H,10-11,14-15H2,1-2H3/t16-/m0/s1. The van der Waals surface area contributed by atoms with E-state index >= 15 is 0 Å². The highest BCUT2D eigenvalue weighted by atomic mass is 35.5. The van der Waals surface area contributed by atoms with E-state index in [2.05, 4.69) is 15.1 Å². The van der Waals surface area contributed by atoms with Crippen LogP contribution in [0.5, 0.6) is 5.75 Å². The van der Waals surface area contributed by atoms with Gasteiger partial charge in [0.15, 0.2) is 0 Å². The first-order chi connectivity index (χ1) is 17.0. The molecule has 0 bridgehead atoms. The number of aromatic nitrogens is 4. The van der Waals surface area contributed by atoms with E-state index in [0.29, 0.717) is 48.0 Å². The van der Waals surface area contributed by atoms with E-state index in [9.17, 15) is 9.18 Å². The predicted molar refractivity (Wildman–Crippen MR) is 132 cm³/mol. The molecule has 0 spiro atoms. The van der Waals surface area contributed by atoms with E-state index in [1.165, 1.54) is 13.2 Å². The van der Waals surface area contributed by atoms with Crippen molar-refractivity contribution in [2.24, 2.45) is 0 Å². The Morgan fingerprint density at radius 1 is 1.17 bits per heavy atom. The van der Waals surface area contributed by atoms with Crippen molar-refractivity contribution in [3.05, 3.63) is 65.7 Å². The predicted octanol–water partition coefficient (Wildman–Crippen LogP) is 4.03. The number of benzene rings is 1. The molecule has 0 N–H and O–H groups in total. The van der Waals surface area contributed by atoms with Crippen LogP contribution in [-0.4, -0.2) is 63.3 Å². The molecular weight excluding hydrogens is 471 g/mol. The van der Waals surface area contributed by atoms with Gasteiger partial charge in [0.25, 0.3) is 0 Å². The zero-order valence-corrected chi connectivity index (χ0v) is 20.1. The summed E-state index contributed by atoms with van der Waals surface area (Å²) in [4.78, 5) is 25.9. The van der Waals surface area contributed by atoms with E-state index in [1.807, 2.05) is 47.1 Å². The number of ether oxygens (including phenoxy) is 1. The Balaban J connectivity index is 1.35. The minimum Gasteiger partial charge on any atom is -0.495 e. The molecule has 35 heavy (non-hydrogen) atoms. The molecule has 1 aliphatic rings. The van der Waals surface area contributed by atoms with E-state index in [4.69, 9.17) is 16.3 Å². The van der Waals surface area contributed by atoms with Crippen LogP contribution in [0.1, 0.15) is 6.92 Å². The van der Waals surface area contributed by atoms with Gasteiger partial charge in [-0.1, -0.05) is 17.7 Å². The first kappa shape index (κ1) is 23.0. The number of halogens is 2. The number of carbonyl (C=O) groups excluding carboxylic acids is 1. The number of amides is 1. The Labute approximate surface area is 206 Å². The molecule has 180 valence electrons. The minimum atomic E-state index is -0.416. The fourth-order valence-corrected chi connectivity index (χ4v) is 4.72. The van der Waals surface area contributed by atoms with Crippen LogP contribution >= 0.6 is 11.6 Å². The average molecular weight is 495 g/mol. The van der Waals surface area contributed by atoms with Gasteiger partial charge in [-0.3, -0.25) is 19.4 Å². The molecule has 10 heteroatoms. The smallest absolute Gasteiger partial charge is 0.244 e. The Bertz CT molecular complexity index is 1380. The molecule has 3 aromatic heterocycles. The number of hydrogen-bond acceptors (Lipinski definition) is 6. The van der Waals surface area contributed by atoms with Crippen molar-refractivity contribution in [2.45, 2.75) is 19.5 Å². The molecule has 0 aliphatic carbocycles. The summed E-state index contributed by atoms with van der Waals surface area (Å²) in [6.07, 6.45) is 3.41. The molecule has 1 aromatic carbocycles. The van der Waals surface area contributed by atoms with Crippen LogP contribution in [0.3, 0.4) is 0 Å². The first-order valence-corrected chi connectivity index (χ1v) is 11.6. The largest absolute Gasteiger partial charge is 0.495 e. The van der Waals surface area contributed by atoms with Crippen LogP contribution in [0, 0.1) is 5.82 Å². The van der Waals surface area contributed by atoms with E-state index in [1.54, 1.807) is 23.1 Å². The number of pyridine rings is 2.